The Kier molecular flexibility index (Phi) is 7.01. The standard InChI is InChI=1S/C25H30N6O2/c1-33-23-7-3-2-6-22(23)30-14-12-29(13-15-30)10-4-5-11-31-21-9-8-19(18-26)16-20(21)17-24(31)28-25(27)32/h2-3,6-9,16-17H,4-5,10-15H2,1H3,(H3,27,28,32). The van der Waals surface area contributed by atoms with Gasteiger partial charge in [0, 0.05) is 43.6 Å². The van der Waals surface area contributed by atoms with E-state index >= 15 is 0 Å². The van der Waals surface area contributed by atoms with Crippen molar-refractivity contribution in [1.82, 2.24) is 9.47 Å². The van der Waals surface area contributed by atoms with Crippen molar-refractivity contribution in [3.05, 3.63) is 54.1 Å². The summed E-state index contributed by atoms with van der Waals surface area (Å²) in [6.45, 7) is 5.82. The van der Waals surface area contributed by atoms with Crippen LogP contribution in [0, 0.1) is 11.3 Å². The van der Waals surface area contributed by atoms with Crippen molar-refractivity contribution in [2.45, 2.75) is 19.4 Å². The predicted octanol–water partition coefficient (Wildman–Crippen LogP) is 3.61. The molecular formula is C25H30N6O2. The second-order valence-corrected chi connectivity index (χ2v) is 8.26. The van der Waals surface area contributed by atoms with Gasteiger partial charge in [-0.3, -0.25) is 10.2 Å². The van der Waals surface area contributed by atoms with Gasteiger partial charge in [-0.15, -0.1) is 0 Å². The number of fused-ring (bicyclic) bond motifs is 1. The smallest absolute Gasteiger partial charge is 0.317 e. The third-order valence-corrected chi connectivity index (χ3v) is 6.19. The van der Waals surface area contributed by atoms with Gasteiger partial charge in [-0.05, 0) is 55.8 Å². The second-order valence-electron chi connectivity index (χ2n) is 8.26. The van der Waals surface area contributed by atoms with Gasteiger partial charge in [0.2, 0.25) is 0 Å². The lowest BCUT2D eigenvalue weighted by molar-refractivity contribution is 0.250. The Morgan fingerprint density at radius 3 is 2.58 bits per heavy atom. The number of nitriles is 1. The van der Waals surface area contributed by atoms with Crippen molar-refractivity contribution in [2.24, 2.45) is 5.73 Å². The Balaban J connectivity index is 1.31. The number of primary amides is 1. The lowest BCUT2D eigenvalue weighted by Gasteiger charge is -2.36. The third-order valence-electron chi connectivity index (χ3n) is 6.19. The number of anilines is 2. The maximum absolute atomic E-state index is 11.5. The van der Waals surface area contributed by atoms with Gasteiger partial charge >= 0.3 is 6.03 Å². The van der Waals surface area contributed by atoms with E-state index < -0.39 is 6.03 Å². The lowest BCUT2D eigenvalue weighted by atomic mass is 10.2. The fraction of sp³-hybridized carbons (Fsp3) is 0.360. The molecule has 0 unspecified atom stereocenters. The fourth-order valence-corrected chi connectivity index (χ4v) is 4.52. The van der Waals surface area contributed by atoms with E-state index in [2.05, 4.69) is 37.9 Å². The van der Waals surface area contributed by atoms with Crippen molar-refractivity contribution >= 4 is 28.4 Å². The molecule has 172 valence electrons. The maximum atomic E-state index is 11.5. The summed E-state index contributed by atoms with van der Waals surface area (Å²) >= 11 is 0. The molecule has 2 amide bonds. The van der Waals surface area contributed by atoms with Gasteiger partial charge < -0.3 is 19.9 Å². The molecule has 0 saturated carbocycles. The number of para-hydroxylation sites is 2. The Morgan fingerprint density at radius 2 is 1.85 bits per heavy atom. The van der Waals surface area contributed by atoms with Crippen LogP contribution in [-0.2, 0) is 6.54 Å². The molecule has 0 aliphatic carbocycles. The summed E-state index contributed by atoms with van der Waals surface area (Å²) < 4.78 is 7.58. The zero-order valence-electron chi connectivity index (χ0n) is 19.0. The van der Waals surface area contributed by atoms with Gasteiger partial charge in [-0.2, -0.15) is 5.26 Å². The molecule has 0 bridgehead atoms. The number of piperazine rings is 1. The molecule has 1 aromatic heterocycles. The summed E-state index contributed by atoms with van der Waals surface area (Å²) in [5, 5.41) is 12.8. The molecule has 8 nitrogen and oxygen atoms in total. The number of carbonyl (C=O) groups excluding carboxylic acids is 1. The number of hydrogen-bond acceptors (Lipinski definition) is 5. The molecule has 2 heterocycles. The highest BCUT2D eigenvalue weighted by molar-refractivity contribution is 5.93. The average molecular weight is 447 g/mol. The van der Waals surface area contributed by atoms with Crippen molar-refractivity contribution in [3.8, 4) is 11.8 Å². The van der Waals surface area contributed by atoms with E-state index in [1.165, 1.54) is 0 Å². The monoisotopic (exact) mass is 446 g/mol. The minimum atomic E-state index is -0.590. The number of benzene rings is 2. The molecule has 0 radical (unpaired) electrons. The van der Waals surface area contributed by atoms with Gasteiger partial charge in [0.1, 0.15) is 11.6 Å². The number of rotatable bonds is 8. The van der Waals surface area contributed by atoms with E-state index in [9.17, 15) is 4.79 Å². The first-order chi connectivity index (χ1) is 16.1. The van der Waals surface area contributed by atoms with Crippen LogP contribution in [-0.4, -0.2) is 55.3 Å². The number of amides is 2. The minimum Gasteiger partial charge on any atom is -0.495 e. The minimum absolute atomic E-state index is 0.590. The molecule has 0 atom stereocenters. The van der Waals surface area contributed by atoms with Crippen LogP contribution in [0.25, 0.3) is 10.9 Å². The lowest BCUT2D eigenvalue weighted by Crippen LogP contribution is -2.46. The Bertz CT molecular complexity index is 1160. The SMILES string of the molecule is COc1ccccc1N1CCN(CCCCn2c(NC(N)=O)cc3cc(C#N)ccc32)CC1. The number of aromatic nitrogens is 1. The number of nitrogens with zero attached hydrogens (tertiary/aromatic N) is 4. The van der Waals surface area contributed by atoms with Crippen LogP contribution in [0.3, 0.4) is 0 Å². The van der Waals surface area contributed by atoms with E-state index in [1.807, 2.05) is 30.3 Å². The molecule has 1 fully saturated rings. The molecule has 1 saturated heterocycles. The summed E-state index contributed by atoms with van der Waals surface area (Å²) in [5.74, 6) is 1.59. The predicted molar refractivity (Wildman–Crippen MR) is 131 cm³/mol. The van der Waals surface area contributed by atoms with Crippen LogP contribution in [0.5, 0.6) is 5.75 Å². The molecule has 3 N–H and O–H groups in total. The average Bonchev–Trinajstić information content (AvgIpc) is 3.17. The first-order valence-corrected chi connectivity index (χ1v) is 11.3. The molecule has 1 aliphatic rings. The van der Waals surface area contributed by atoms with Gasteiger partial charge in [-0.1, -0.05) is 12.1 Å². The number of nitrogens with two attached hydrogens (primary N) is 1. The summed E-state index contributed by atoms with van der Waals surface area (Å²) in [7, 11) is 1.72. The summed E-state index contributed by atoms with van der Waals surface area (Å²) in [5.41, 5.74) is 8.11. The highest BCUT2D eigenvalue weighted by Crippen LogP contribution is 2.28. The van der Waals surface area contributed by atoms with Gasteiger partial charge in [0.05, 0.1) is 24.4 Å². The number of ether oxygens (including phenoxy) is 1. The molecule has 33 heavy (non-hydrogen) atoms. The fourth-order valence-electron chi connectivity index (χ4n) is 4.52. The van der Waals surface area contributed by atoms with Crippen molar-refractivity contribution in [3.63, 3.8) is 0 Å². The van der Waals surface area contributed by atoms with Gasteiger partial charge in [-0.25, -0.2) is 4.79 Å². The summed E-state index contributed by atoms with van der Waals surface area (Å²) in [6, 6.07) is 17.2. The summed E-state index contributed by atoms with van der Waals surface area (Å²) in [4.78, 5) is 16.3. The summed E-state index contributed by atoms with van der Waals surface area (Å²) in [6.07, 6.45) is 2.03. The Morgan fingerprint density at radius 1 is 1.09 bits per heavy atom. The zero-order chi connectivity index (χ0) is 23.2. The van der Waals surface area contributed by atoms with Crippen LogP contribution < -0.4 is 20.7 Å². The quantitative estimate of drug-likeness (QED) is 0.515. The number of urea groups is 1. The number of unbranched alkanes of at least 4 members (excludes halogenated alkanes) is 1. The molecular weight excluding hydrogens is 416 g/mol. The first-order valence-electron chi connectivity index (χ1n) is 11.3. The normalized spacial score (nSPS) is 14.2. The van der Waals surface area contributed by atoms with E-state index in [4.69, 9.17) is 15.7 Å². The number of aryl methyl sites for hydroxylation is 1. The first kappa shape index (κ1) is 22.5. The Hall–Kier alpha value is -3.70. The number of hydrogen-bond donors (Lipinski definition) is 2. The highest BCUT2D eigenvalue weighted by atomic mass is 16.5. The van der Waals surface area contributed by atoms with E-state index in [0.29, 0.717) is 11.4 Å². The Labute approximate surface area is 194 Å². The van der Waals surface area contributed by atoms with Crippen LogP contribution in [0.2, 0.25) is 0 Å². The van der Waals surface area contributed by atoms with E-state index in [1.54, 1.807) is 13.2 Å². The van der Waals surface area contributed by atoms with Crippen LogP contribution in [0.1, 0.15) is 18.4 Å². The van der Waals surface area contributed by atoms with Gasteiger partial charge in [0.25, 0.3) is 0 Å². The van der Waals surface area contributed by atoms with Crippen molar-refractivity contribution in [1.29, 1.82) is 5.26 Å². The topological polar surface area (TPSA) is 99.5 Å². The molecule has 1 aliphatic heterocycles. The molecule has 8 heteroatoms. The third kappa shape index (κ3) is 5.21. The number of methoxy groups -OCH3 is 1. The maximum Gasteiger partial charge on any atom is 0.317 e. The van der Waals surface area contributed by atoms with Crippen LogP contribution in [0.15, 0.2) is 48.5 Å². The van der Waals surface area contributed by atoms with Gasteiger partial charge in [0.15, 0.2) is 0 Å². The van der Waals surface area contributed by atoms with Crippen LogP contribution in [0.4, 0.5) is 16.3 Å². The van der Waals surface area contributed by atoms with E-state index in [-0.39, 0.29) is 0 Å². The van der Waals surface area contributed by atoms with Crippen molar-refractivity contribution in [2.75, 3.05) is 50.1 Å². The van der Waals surface area contributed by atoms with E-state index in [0.717, 1.165) is 74.5 Å². The highest BCUT2D eigenvalue weighted by Gasteiger charge is 2.19. The zero-order valence-corrected chi connectivity index (χ0v) is 19.0. The molecule has 2 aromatic carbocycles. The second kappa shape index (κ2) is 10.3. The molecule has 0 spiro atoms. The molecule has 4 rings (SSSR count). The molecule has 3 aromatic rings. The number of carbonyl (C=O) groups is 1. The number of nitrogens with one attached hydrogen (secondary N) is 1. The van der Waals surface area contributed by atoms with Crippen LogP contribution >= 0.6 is 0 Å². The largest absolute Gasteiger partial charge is 0.495 e. The van der Waals surface area contributed by atoms with Crippen molar-refractivity contribution < 1.29 is 9.53 Å².